The van der Waals surface area contributed by atoms with Gasteiger partial charge < -0.3 is 18.8 Å². The number of carbonyl (C=O) groups is 1. The van der Waals surface area contributed by atoms with E-state index >= 15 is 0 Å². The second-order valence-electron chi connectivity index (χ2n) is 9.70. The Bertz CT molecular complexity index is 1080. The van der Waals surface area contributed by atoms with E-state index in [0.717, 1.165) is 22.2 Å². The number of imidazole rings is 1. The summed E-state index contributed by atoms with van der Waals surface area (Å²) in [5, 5.41) is 0. The molecule has 2 aliphatic rings. The van der Waals surface area contributed by atoms with E-state index in [1.54, 1.807) is 6.33 Å². The molecule has 172 valence electrons. The summed E-state index contributed by atoms with van der Waals surface area (Å²) < 4.78 is 20.4. The first kappa shape index (κ1) is 22.7. The molecule has 1 fully saturated rings. The number of nitrogens with zero attached hydrogens (tertiary/aromatic N) is 2. The van der Waals surface area contributed by atoms with Crippen LogP contribution >= 0.6 is 0 Å². The van der Waals surface area contributed by atoms with Crippen molar-refractivity contribution in [3.8, 4) is 0 Å². The number of benzene rings is 1. The summed E-state index contributed by atoms with van der Waals surface area (Å²) in [6.45, 7) is 12.0. The summed E-state index contributed by atoms with van der Waals surface area (Å²) >= 11 is 0. The summed E-state index contributed by atoms with van der Waals surface area (Å²) in [7, 11) is 1.96. The number of fused-ring (bicyclic) bond motifs is 4. The van der Waals surface area contributed by atoms with Crippen molar-refractivity contribution in [1.29, 1.82) is 0 Å². The molecule has 1 unspecified atom stereocenters. The van der Waals surface area contributed by atoms with Crippen LogP contribution in [0.2, 0.25) is 0 Å². The molecule has 6 heteroatoms. The number of carbonyl (C=O) groups excluding carboxylic acids is 1. The molecule has 2 aliphatic heterocycles. The zero-order chi connectivity index (χ0) is 23.2. The van der Waals surface area contributed by atoms with Crippen molar-refractivity contribution < 1.29 is 19.0 Å². The Morgan fingerprint density at radius 2 is 1.84 bits per heavy atom. The van der Waals surface area contributed by atoms with Crippen LogP contribution in [0.25, 0.3) is 17.1 Å². The maximum Gasteiger partial charge on any atom is 0.339 e. The molecular weight excluding hydrogens is 404 g/mol. The number of aromatic nitrogens is 2. The maximum atomic E-state index is 13.3. The number of rotatable bonds is 0. The summed E-state index contributed by atoms with van der Waals surface area (Å²) in [6, 6.07) is 2.00. The molecule has 2 aromatic rings. The van der Waals surface area contributed by atoms with Gasteiger partial charge in [-0.3, -0.25) is 0 Å². The first-order valence-corrected chi connectivity index (χ1v) is 11.4. The highest BCUT2D eigenvalue weighted by atomic mass is 16.8. The Kier molecular flexibility index (Phi) is 6.03. The van der Waals surface area contributed by atoms with Gasteiger partial charge in [0.2, 0.25) is 0 Å². The quantitative estimate of drug-likeness (QED) is 0.418. The Morgan fingerprint density at radius 1 is 1.12 bits per heavy atom. The summed E-state index contributed by atoms with van der Waals surface area (Å²) in [4.78, 5) is 17.9. The third-order valence-corrected chi connectivity index (χ3v) is 6.60. The highest BCUT2D eigenvalue weighted by Gasteiger charge is 2.42. The molecule has 6 nitrogen and oxygen atoms in total. The molecule has 0 N–H and O–H groups in total. The molecular formula is C26H34N2O4. The van der Waals surface area contributed by atoms with Gasteiger partial charge in [-0.1, -0.05) is 38.2 Å². The van der Waals surface area contributed by atoms with Crippen LogP contribution in [0.15, 0.2) is 30.6 Å². The summed E-state index contributed by atoms with van der Waals surface area (Å²) in [5.41, 5.74) is 4.02. The van der Waals surface area contributed by atoms with Crippen molar-refractivity contribution >= 4 is 23.1 Å². The van der Waals surface area contributed by atoms with E-state index in [4.69, 9.17) is 14.2 Å². The van der Waals surface area contributed by atoms with Crippen LogP contribution in [-0.4, -0.2) is 39.6 Å². The molecule has 0 amide bonds. The van der Waals surface area contributed by atoms with Gasteiger partial charge in [0.25, 0.3) is 0 Å². The van der Waals surface area contributed by atoms with E-state index in [9.17, 15) is 4.79 Å². The van der Waals surface area contributed by atoms with E-state index < -0.39 is 5.79 Å². The first-order chi connectivity index (χ1) is 15.1. The largest absolute Gasteiger partial charge is 0.458 e. The predicted octanol–water partition coefficient (Wildman–Crippen LogP) is 5.19. The van der Waals surface area contributed by atoms with E-state index in [0.29, 0.717) is 12.0 Å². The zero-order valence-corrected chi connectivity index (χ0v) is 20.1. The molecule has 0 aliphatic carbocycles. The zero-order valence-electron chi connectivity index (χ0n) is 20.1. The van der Waals surface area contributed by atoms with Gasteiger partial charge in [-0.05, 0) is 45.7 Å². The lowest BCUT2D eigenvalue weighted by Gasteiger charge is -2.23. The molecule has 1 saturated heterocycles. The van der Waals surface area contributed by atoms with Gasteiger partial charge in [0, 0.05) is 24.4 Å². The van der Waals surface area contributed by atoms with Crippen LogP contribution in [0.3, 0.4) is 0 Å². The molecule has 0 bridgehead atoms. The number of hydrogen-bond acceptors (Lipinski definition) is 5. The molecule has 0 saturated carbocycles. The van der Waals surface area contributed by atoms with Crippen LogP contribution in [-0.2, 0) is 21.3 Å². The lowest BCUT2D eigenvalue weighted by Crippen LogP contribution is -2.29. The minimum Gasteiger partial charge on any atom is -0.458 e. The highest BCUT2D eigenvalue weighted by molar-refractivity contribution is 6.02. The average Bonchev–Trinajstić information content (AvgIpc) is 3.23. The molecule has 32 heavy (non-hydrogen) atoms. The fourth-order valence-electron chi connectivity index (χ4n) is 4.62. The van der Waals surface area contributed by atoms with Gasteiger partial charge in [0.1, 0.15) is 6.10 Å². The standard InChI is InChI=1S/C26H34N2O4/c1-15-11-12-16(2)24-21(31-26(5,6)32-24)10-8-9-19-22(25(29)30-18(15)4)17(3)13-20-23(19)27-14-28(20)7/h8-9,11-16,18,21,24H,10H2,1-7H3/b9-8+,12-11-/t15-,16?,18+,21+,24-/m1/s1. The van der Waals surface area contributed by atoms with Gasteiger partial charge in [-0.25, -0.2) is 9.78 Å². The van der Waals surface area contributed by atoms with Crippen molar-refractivity contribution in [2.75, 3.05) is 0 Å². The van der Waals surface area contributed by atoms with Crippen molar-refractivity contribution in [2.45, 2.75) is 72.1 Å². The van der Waals surface area contributed by atoms with Gasteiger partial charge >= 0.3 is 5.97 Å². The number of esters is 1. The monoisotopic (exact) mass is 438 g/mol. The van der Waals surface area contributed by atoms with Gasteiger partial charge in [0.15, 0.2) is 5.79 Å². The van der Waals surface area contributed by atoms with E-state index in [-0.39, 0.29) is 36.1 Å². The Labute approximate surface area is 190 Å². The third-order valence-electron chi connectivity index (χ3n) is 6.60. The lowest BCUT2D eigenvalue weighted by molar-refractivity contribution is -0.148. The van der Waals surface area contributed by atoms with Crippen molar-refractivity contribution in [1.82, 2.24) is 9.55 Å². The summed E-state index contributed by atoms with van der Waals surface area (Å²) in [5.74, 6) is -0.705. The second-order valence-corrected chi connectivity index (χ2v) is 9.70. The van der Waals surface area contributed by atoms with Crippen LogP contribution < -0.4 is 0 Å². The molecule has 0 radical (unpaired) electrons. The maximum absolute atomic E-state index is 13.3. The normalized spacial score (nSPS) is 32.6. The Balaban J connectivity index is 1.82. The minimum atomic E-state index is -0.625. The molecule has 5 atom stereocenters. The molecule has 1 aromatic carbocycles. The SMILES string of the molecule is Cc1cc2c(ncn2C)c2c1C(=O)O[C@@H](C)[C@H](C)/C=C\C(C)[C@H]1OC(C)(C)O[C@H]1C/C=C/2. The van der Waals surface area contributed by atoms with E-state index in [2.05, 4.69) is 37.1 Å². The van der Waals surface area contributed by atoms with Gasteiger partial charge in [0.05, 0.1) is 35.1 Å². The number of cyclic esters (lactones) is 1. The van der Waals surface area contributed by atoms with Crippen LogP contribution in [0.1, 0.15) is 62.5 Å². The molecule has 4 rings (SSSR count). The Morgan fingerprint density at radius 3 is 2.59 bits per heavy atom. The van der Waals surface area contributed by atoms with Gasteiger partial charge in [-0.2, -0.15) is 0 Å². The molecule has 0 spiro atoms. The number of ether oxygens (including phenoxy) is 3. The Hall–Kier alpha value is -2.44. The van der Waals surface area contributed by atoms with E-state index in [1.807, 2.05) is 51.5 Å². The van der Waals surface area contributed by atoms with Crippen LogP contribution in [0, 0.1) is 18.8 Å². The van der Waals surface area contributed by atoms with E-state index in [1.165, 1.54) is 0 Å². The van der Waals surface area contributed by atoms with Crippen molar-refractivity contribution in [3.63, 3.8) is 0 Å². The fraction of sp³-hybridized carbons (Fsp3) is 0.538. The third kappa shape index (κ3) is 4.26. The smallest absolute Gasteiger partial charge is 0.339 e. The van der Waals surface area contributed by atoms with Crippen molar-refractivity contribution in [3.05, 3.63) is 47.3 Å². The lowest BCUT2D eigenvalue weighted by atomic mass is 9.93. The first-order valence-electron chi connectivity index (χ1n) is 11.4. The predicted molar refractivity (Wildman–Crippen MR) is 125 cm³/mol. The topological polar surface area (TPSA) is 62.6 Å². The van der Waals surface area contributed by atoms with Gasteiger partial charge in [-0.15, -0.1) is 0 Å². The minimum absolute atomic E-state index is 0.0502. The van der Waals surface area contributed by atoms with Crippen LogP contribution in [0.4, 0.5) is 0 Å². The second kappa shape index (κ2) is 8.49. The molecule has 3 heterocycles. The fourth-order valence-corrected chi connectivity index (χ4v) is 4.62. The van der Waals surface area contributed by atoms with Crippen LogP contribution in [0.5, 0.6) is 0 Å². The molecule has 1 aromatic heterocycles. The number of aryl methyl sites for hydroxylation is 2. The number of hydrogen-bond donors (Lipinski definition) is 0. The summed E-state index contributed by atoms with van der Waals surface area (Å²) in [6.07, 6.45) is 10.4. The average molecular weight is 439 g/mol. The highest BCUT2D eigenvalue weighted by Crippen LogP contribution is 2.35. The van der Waals surface area contributed by atoms with Crippen molar-refractivity contribution in [2.24, 2.45) is 18.9 Å².